The van der Waals surface area contributed by atoms with Crippen molar-refractivity contribution in [3.8, 4) is 0 Å². The number of nitrogens with one attached hydrogen (secondary N) is 1. The zero-order valence-electron chi connectivity index (χ0n) is 17.7. The molecule has 164 valence electrons. The minimum atomic E-state index is -0.675. The average molecular weight is 441 g/mol. The fourth-order valence-electron chi connectivity index (χ4n) is 4.59. The molecule has 5 rings (SSSR count). The van der Waals surface area contributed by atoms with Crippen LogP contribution in [0, 0.1) is 5.41 Å². The highest BCUT2D eigenvalue weighted by Crippen LogP contribution is 2.53. The maximum atomic E-state index is 13.4. The number of pyridine rings is 1. The Kier molecular flexibility index (Phi) is 5.89. The lowest BCUT2D eigenvalue weighted by atomic mass is 9.93. The maximum absolute atomic E-state index is 13.4. The first-order valence-electron chi connectivity index (χ1n) is 11.3. The highest BCUT2D eigenvalue weighted by Gasteiger charge is 2.44. The Morgan fingerprint density at radius 1 is 1.06 bits per heavy atom. The fraction of sp³-hybridized carbons (Fsp3) is 0.500. The molecule has 31 heavy (non-hydrogen) atoms. The highest BCUT2D eigenvalue weighted by molar-refractivity contribution is 7.97. The van der Waals surface area contributed by atoms with Gasteiger partial charge in [0.1, 0.15) is 12.0 Å². The standard InChI is InChI=1S/C24H29FN4OS/c25-18-6-13-29(14-7-18)31-20-4-1-3-19(17-20)27-23(30)21-5-2-12-26-22(21)28-15-10-24(8-9-24)11-16-28/h1-5,12,17-18H,6-11,13-16H2,(H,27,30). The molecular formula is C24H29FN4OS. The van der Waals surface area contributed by atoms with E-state index in [9.17, 15) is 9.18 Å². The summed E-state index contributed by atoms with van der Waals surface area (Å²) in [6.07, 6.45) is 7.38. The third kappa shape index (κ3) is 4.88. The van der Waals surface area contributed by atoms with Crippen LogP contribution in [-0.2, 0) is 0 Å². The second-order valence-corrected chi connectivity index (χ2v) is 10.2. The molecule has 0 unspecified atom stereocenters. The first kappa shape index (κ1) is 20.8. The Labute approximate surface area is 187 Å². The number of alkyl halides is 1. The van der Waals surface area contributed by atoms with E-state index in [2.05, 4.69) is 19.5 Å². The van der Waals surface area contributed by atoms with E-state index in [1.54, 1.807) is 18.1 Å². The molecule has 0 radical (unpaired) electrons. The largest absolute Gasteiger partial charge is 0.356 e. The van der Waals surface area contributed by atoms with Crippen molar-refractivity contribution in [1.82, 2.24) is 9.29 Å². The Morgan fingerprint density at radius 3 is 2.58 bits per heavy atom. The lowest BCUT2D eigenvalue weighted by Gasteiger charge is -2.33. The van der Waals surface area contributed by atoms with Gasteiger partial charge >= 0.3 is 0 Å². The van der Waals surface area contributed by atoms with Gasteiger partial charge < -0.3 is 10.2 Å². The van der Waals surface area contributed by atoms with Gasteiger partial charge in [-0.05, 0) is 86.2 Å². The summed E-state index contributed by atoms with van der Waals surface area (Å²) in [6.45, 7) is 3.44. The summed E-state index contributed by atoms with van der Waals surface area (Å²) >= 11 is 1.63. The van der Waals surface area contributed by atoms with E-state index in [0.717, 1.165) is 42.6 Å². The lowest BCUT2D eigenvalue weighted by Crippen LogP contribution is -2.36. The number of hydrogen-bond donors (Lipinski definition) is 1. The van der Waals surface area contributed by atoms with Crippen LogP contribution in [0.15, 0.2) is 47.5 Å². The van der Waals surface area contributed by atoms with Gasteiger partial charge in [0.05, 0.1) is 5.56 Å². The van der Waals surface area contributed by atoms with Crippen LogP contribution in [-0.4, -0.2) is 47.5 Å². The number of nitrogens with zero attached hydrogens (tertiary/aromatic N) is 3. The molecule has 2 aliphatic heterocycles. The van der Waals surface area contributed by atoms with Gasteiger partial charge in [-0.2, -0.15) is 0 Å². The molecule has 3 heterocycles. The molecule has 2 aromatic rings. The van der Waals surface area contributed by atoms with Gasteiger partial charge in [-0.1, -0.05) is 6.07 Å². The van der Waals surface area contributed by atoms with Gasteiger partial charge in [-0.15, -0.1) is 0 Å². The third-order valence-corrected chi connectivity index (χ3v) is 7.91. The van der Waals surface area contributed by atoms with Crippen LogP contribution < -0.4 is 10.2 Å². The minimum absolute atomic E-state index is 0.129. The Balaban J connectivity index is 1.25. The number of carbonyl (C=O) groups is 1. The summed E-state index contributed by atoms with van der Waals surface area (Å²) in [5, 5.41) is 3.05. The number of halogens is 1. The number of hydrogen-bond acceptors (Lipinski definition) is 5. The molecule has 1 spiro atoms. The number of piperidine rings is 2. The molecule has 0 atom stereocenters. The molecule has 2 saturated heterocycles. The van der Waals surface area contributed by atoms with E-state index in [0.29, 0.717) is 23.8 Å². The zero-order valence-corrected chi connectivity index (χ0v) is 18.5. The fourth-order valence-corrected chi connectivity index (χ4v) is 5.60. The van der Waals surface area contributed by atoms with Gasteiger partial charge in [0, 0.05) is 43.0 Å². The molecular weight excluding hydrogens is 411 g/mol. The van der Waals surface area contributed by atoms with Gasteiger partial charge in [0.25, 0.3) is 5.91 Å². The highest BCUT2D eigenvalue weighted by atomic mass is 32.2. The first-order chi connectivity index (χ1) is 15.1. The predicted molar refractivity (Wildman–Crippen MR) is 123 cm³/mol. The number of benzene rings is 1. The van der Waals surface area contributed by atoms with Crippen molar-refractivity contribution in [2.24, 2.45) is 5.41 Å². The minimum Gasteiger partial charge on any atom is -0.356 e. The smallest absolute Gasteiger partial charge is 0.259 e. The van der Waals surface area contributed by atoms with Crippen molar-refractivity contribution < 1.29 is 9.18 Å². The van der Waals surface area contributed by atoms with Gasteiger partial charge in [-0.25, -0.2) is 13.7 Å². The second kappa shape index (κ2) is 8.79. The molecule has 1 saturated carbocycles. The summed E-state index contributed by atoms with van der Waals surface area (Å²) in [7, 11) is 0. The summed E-state index contributed by atoms with van der Waals surface area (Å²) in [5.41, 5.74) is 1.98. The Hall–Kier alpha value is -2.12. The van der Waals surface area contributed by atoms with Gasteiger partial charge in [0.15, 0.2) is 0 Å². The summed E-state index contributed by atoms with van der Waals surface area (Å²) in [6, 6.07) is 11.5. The Morgan fingerprint density at radius 2 is 1.84 bits per heavy atom. The summed E-state index contributed by atoms with van der Waals surface area (Å²) < 4.78 is 15.6. The molecule has 1 amide bonds. The Bertz CT molecular complexity index is 933. The van der Waals surface area contributed by atoms with E-state index in [-0.39, 0.29) is 5.91 Å². The monoisotopic (exact) mass is 440 g/mol. The molecule has 1 aliphatic carbocycles. The third-order valence-electron chi connectivity index (χ3n) is 6.82. The quantitative estimate of drug-likeness (QED) is 0.651. The first-order valence-corrected chi connectivity index (χ1v) is 12.1. The normalized spacial score (nSPS) is 21.3. The van der Waals surface area contributed by atoms with Crippen molar-refractivity contribution in [1.29, 1.82) is 0 Å². The molecule has 3 fully saturated rings. The molecule has 5 nitrogen and oxygen atoms in total. The zero-order chi connectivity index (χ0) is 21.3. The van der Waals surface area contributed by atoms with E-state index in [4.69, 9.17) is 0 Å². The van der Waals surface area contributed by atoms with Crippen molar-refractivity contribution in [2.45, 2.75) is 49.6 Å². The molecule has 1 aromatic heterocycles. The molecule has 1 N–H and O–H groups in total. The van der Waals surface area contributed by atoms with Gasteiger partial charge in [0.2, 0.25) is 0 Å². The average Bonchev–Trinajstić information content (AvgIpc) is 3.55. The van der Waals surface area contributed by atoms with Crippen LogP contribution in [0.25, 0.3) is 0 Å². The van der Waals surface area contributed by atoms with E-state index >= 15 is 0 Å². The maximum Gasteiger partial charge on any atom is 0.259 e. The second-order valence-electron chi connectivity index (χ2n) is 9.04. The van der Waals surface area contributed by atoms with Crippen LogP contribution in [0.4, 0.5) is 15.9 Å². The van der Waals surface area contributed by atoms with Crippen molar-refractivity contribution >= 4 is 29.4 Å². The molecule has 3 aliphatic rings. The van der Waals surface area contributed by atoms with Crippen LogP contribution in [0.2, 0.25) is 0 Å². The van der Waals surface area contributed by atoms with Crippen molar-refractivity contribution in [3.63, 3.8) is 0 Å². The molecule has 7 heteroatoms. The predicted octanol–water partition coefficient (Wildman–Crippen LogP) is 5.16. The summed E-state index contributed by atoms with van der Waals surface area (Å²) in [5.74, 6) is 0.658. The van der Waals surface area contributed by atoms with E-state index in [1.807, 2.05) is 36.4 Å². The number of carbonyl (C=O) groups excluding carboxylic acids is 1. The van der Waals surface area contributed by atoms with Crippen LogP contribution in [0.1, 0.15) is 48.9 Å². The van der Waals surface area contributed by atoms with Crippen molar-refractivity contribution in [3.05, 3.63) is 48.2 Å². The summed E-state index contributed by atoms with van der Waals surface area (Å²) in [4.78, 5) is 21.0. The van der Waals surface area contributed by atoms with Gasteiger partial charge in [-0.3, -0.25) is 4.79 Å². The number of rotatable bonds is 5. The molecule has 1 aromatic carbocycles. The number of anilines is 2. The molecule has 0 bridgehead atoms. The SMILES string of the molecule is O=C(Nc1cccc(SN2CCC(F)CC2)c1)c1cccnc1N1CCC2(CC1)CC2. The topological polar surface area (TPSA) is 48.5 Å². The van der Waals surface area contributed by atoms with Crippen LogP contribution >= 0.6 is 11.9 Å². The lowest BCUT2D eigenvalue weighted by molar-refractivity contribution is 0.102. The number of aromatic nitrogens is 1. The van der Waals surface area contributed by atoms with Crippen molar-refractivity contribution in [2.75, 3.05) is 36.4 Å². The van der Waals surface area contributed by atoms with E-state index in [1.165, 1.54) is 25.7 Å². The number of amides is 1. The van der Waals surface area contributed by atoms with Crippen LogP contribution in [0.3, 0.4) is 0 Å². The van der Waals surface area contributed by atoms with Crippen LogP contribution in [0.5, 0.6) is 0 Å². The van der Waals surface area contributed by atoms with E-state index < -0.39 is 6.17 Å².